The Morgan fingerprint density at radius 3 is 2.39 bits per heavy atom. The number of nitrogens with zero attached hydrogens (tertiary/aromatic N) is 4. The monoisotopic (exact) mass is 495 g/mol. The lowest BCUT2D eigenvalue weighted by Crippen LogP contribution is -2.31. The smallest absolute Gasteiger partial charge is 0.455 e. The minimum absolute atomic E-state index is 0.139. The van der Waals surface area contributed by atoms with Gasteiger partial charge in [0.2, 0.25) is 11.7 Å². The first-order valence-corrected chi connectivity index (χ1v) is 9.26. The van der Waals surface area contributed by atoms with Crippen molar-refractivity contribution in [3.05, 3.63) is 53.0 Å². The Balaban J connectivity index is 1.84. The Labute approximate surface area is 185 Å². The minimum Gasteiger partial charge on any atom is -0.477 e. The number of nitrogens with one attached hydrogen (secondary N) is 1. The van der Waals surface area contributed by atoms with Crippen LogP contribution in [0.25, 0.3) is 11.3 Å². The van der Waals surface area contributed by atoms with Crippen LogP contribution in [0, 0.1) is 0 Å². The molecule has 3 aromatic rings. The zero-order valence-electron chi connectivity index (χ0n) is 16.3. The van der Waals surface area contributed by atoms with Crippen molar-refractivity contribution in [2.45, 2.75) is 31.9 Å². The number of carbonyl (C=O) groups excluding carboxylic acids is 1. The van der Waals surface area contributed by atoms with Gasteiger partial charge in [0.05, 0.1) is 12.7 Å². The fourth-order valence-corrected chi connectivity index (χ4v) is 2.44. The van der Waals surface area contributed by atoms with E-state index in [4.69, 9.17) is 16.3 Å². The summed E-state index contributed by atoms with van der Waals surface area (Å²) in [6.45, 7) is 0.205. The van der Waals surface area contributed by atoms with Crippen LogP contribution in [-0.2, 0) is 12.7 Å². The molecule has 15 heteroatoms. The third-order valence-corrected chi connectivity index (χ3v) is 4.21. The molecule has 1 aromatic carbocycles. The van der Waals surface area contributed by atoms with E-state index in [0.717, 1.165) is 13.1 Å². The molecule has 0 bridgehead atoms. The average molecular weight is 496 g/mol. The second-order valence-electron chi connectivity index (χ2n) is 6.41. The highest BCUT2D eigenvalue weighted by molar-refractivity contribution is 6.30. The molecule has 0 saturated heterocycles. The zero-order chi connectivity index (χ0) is 24.4. The van der Waals surface area contributed by atoms with Crippen LogP contribution >= 0.6 is 11.6 Å². The average Bonchev–Trinajstić information content (AvgIpc) is 3.22. The molecule has 8 nitrogen and oxygen atoms in total. The molecule has 1 unspecified atom stereocenters. The lowest BCUT2D eigenvalue weighted by Gasteiger charge is -2.19. The summed E-state index contributed by atoms with van der Waals surface area (Å²) in [4.78, 5) is 23.1. The third kappa shape index (κ3) is 6.09. The van der Waals surface area contributed by atoms with Gasteiger partial charge in [0.25, 0.3) is 11.7 Å². The van der Waals surface area contributed by atoms with Gasteiger partial charge in [-0.1, -0.05) is 28.9 Å². The first kappa shape index (κ1) is 24.2. The quantitative estimate of drug-likeness (QED) is 0.504. The van der Waals surface area contributed by atoms with Crippen LogP contribution in [-0.4, -0.2) is 38.3 Å². The molecule has 33 heavy (non-hydrogen) atoms. The van der Waals surface area contributed by atoms with Crippen LogP contribution in [0.1, 0.15) is 29.3 Å². The van der Waals surface area contributed by atoms with Crippen molar-refractivity contribution < 1.29 is 40.4 Å². The van der Waals surface area contributed by atoms with E-state index in [1.54, 1.807) is 0 Å². The highest BCUT2D eigenvalue weighted by Crippen LogP contribution is 2.32. The van der Waals surface area contributed by atoms with Crippen LogP contribution in [0.4, 0.5) is 26.3 Å². The van der Waals surface area contributed by atoms with Crippen LogP contribution in [0.15, 0.2) is 35.0 Å². The van der Waals surface area contributed by atoms with Gasteiger partial charge in [-0.3, -0.25) is 4.79 Å². The Kier molecular flexibility index (Phi) is 6.76. The number of hydrogen-bond donors (Lipinski definition) is 1. The predicted octanol–water partition coefficient (Wildman–Crippen LogP) is 4.46. The molecule has 1 atom stereocenters. The highest BCUT2D eigenvalue weighted by atomic mass is 35.5. The Hall–Kier alpha value is -3.42. The Bertz CT molecular complexity index is 1130. The first-order valence-electron chi connectivity index (χ1n) is 8.89. The van der Waals surface area contributed by atoms with E-state index >= 15 is 0 Å². The molecule has 0 aliphatic heterocycles. The van der Waals surface area contributed by atoms with Gasteiger partial charge in [-0.05, 0) is 19.1 Å². The molecule has 0 fully saturated rings. The van der Waals surface area contributed by atoms with Crippen molar-refractivity contribution >= 4 is 17.5 Å². The zero-order valence-corrected chi connectivity index (χ0v) is 17.1. The van der Waals surface area contributed by atoms with Gasteiger partial charge in [0.1, 0.15) is 5.69 Å². The summed E-state index contributed by atoms with van der Waals surface area (Å²) >= 11 is 5.83. The summed E-state index contributed by atoms with van der Waals surface area (Å²) in [5.41, 5.74) is 0.131. The fourth-order valence-electron chi connectivity index (χ4n) is 2.32. The molecule has 2 heterocycles. The molecule has 1 amide bonds. The van der Waals surface area contributed by atoms with E-state index in [1.165, 1.54) is 24.3 Å². The molecule has 0 saturated carbocycles. The Morgan fingerprint density at radius 2 is 1.82 bits per heavy atom. The van der Waals surface area contributed by atoms with Crippen LogP contribution in [0.5, 0.6) is 5.75 Å². The van der Waals surface area contributed by atoms with Crippen LogP contribution in [0.2, 0.25) is 5.02 Å². The molecule has 2 aromatic heterocycles. The van der Waals surface area contributed by atoms with Gasteiger partial charge in [-0.15, -0.1) is 0 Å². The topological polar surface area (TPSA) is 103 Å². The lowest BCUT2D eigenvalue weighted by molar-refractivity contribution is -0.189. The Morgan fingerprint density at radius 1 is 1.15 bits per heavy atom. The molecule has 3 rings (SSSR count). The molecular formula is C18H12ClF6N5O3. The molecule has 0 aliphatic rings. The molecule has 1 N–H and O–H groups in total. The normalized spacial score (nSPS) is 13.0. The van der Waals surface area contributed by atoms with Gasteiger partial charge >= 0.3 is 12.4 Å². The van der Waals surface area contributed by atoms with Gasteiger partial charge in [0.15, 0.2) is 11.9 Å². The number of alkyl halides is 6. The number of aromatic nitrogens is 4. The predicted molar refractivity (Wildman–Crippen MR) is 99.1 cm³/mol. The van der Waals surface area contributed by atoms with Crippen molar-refractivity contribution in [1.82, 2.24) is 25.4 Å². The molecule has 176 valence electrons. The van der Waals surface area contributed by atoms with Crippen molar-refractivity contribution in [2.75, 3.05) is 0 Å². The number of rotatable bonds is 6. The van der Waals surface area contributed by atoms with Gasteiger partial charge < -0.3 is 14.6 Å². The summed E-state index contributed by atoms with van der Waals surface area (Å²) in [5, 5.41) is 5.27. The summed E-state index contributed by atoms with van der Waals surface area (Å²) in [6.07, 6.45) is -10.8. The molecule has 0 spiro atoms. The number of hydrogen-bond acceptors (Lipinski definition) is 7. The second-order valence-corrected chi connectivity index (χ2v) is 6.84. The van der Waals surface area contributed by atoms with Crippen molar-refractivity contribution in [3.63, 3.8) is 0 Å². The number of carbonyl (C=O) groups is 1. The third-order valence-electron chi connectivity index (χ3n) is 3.96. The maximum atomic E-state index is 12.9. The lowest BCUT2D eigenvalue weighted by atomic mass is 10.1. The van der Waals surface area contributed by atoms with E-state index in [2.05, 4.69) is 29.9 Å². The van der Waals surface area contributed by atoms with Crippen molar-refractivity contribution in [2.24, 2.45) is 0 Å². The summed E-state index contributed by atoms with van der Waals surface area (Å²) in [6, 6.07) is 5.77. The van der Waals surface area contributed by atoms with E-state index < -0.39 is 48.4 Å². The van der Waals surface area contributed by atoms with Gasteiger partial charge in [-0.2, -0.15) is 31.3 Å². The largest absolute Gasteiger partial charge is 0.477 e. The maximum absolute atomic E-state index is 12.9. The van der Waals surface area contributed by atoms with Gasteiger partial charge in [-0.25, -0.2) is 9.97 Å². The van der Waals surface area contributed by atoms with Gasteiger partial charge in [0, 0.05) is 10.6 Å². The summed E-state index contributed by atoms with van der Waals surface area (Å²) in [5.74, 6) is -3.87. The molecule has 0 aliphatic carbocycles. The highest BCUT2D eigenvalue weighted by Gasteiger charge is 2.39. The fraction of sp³-hybridized carbons (Fsp3) is 0.278. The standard InChI is InChI=1S/C18H12ClF6N5O3/c1-8(17(20,21)22)32-11-6-26-14(29-13(11)9-2-4-10(19)5-3-9)15(31)27-7-12-28-16(30-33-12)18(23,24)25/h2-6,8H,7H2,1H3,(H,27,31). The number of ether oxygens (including phenoxy) is 1. The summed E-state index contributed by atoms with van der Waals surface area (Å²) in [7, 11) is 0. The SMILES string of the molecule is CC(Oc1cnc(C(=O)NCc2nc(C(F)(F)F)no2)nc1-c1ccc(Cl)cc1)C(F)(F)F. The van der Waals surface area contributed by atoms with Crippen LogP contribution < -0.4 is 10.1 Å². The molecular weight excluding hydrogens is 484 g/mol. The number of benzene rings is 1. The molecule has 0 radical (unpaired) electrons. The van der Waals surface area contributed by atoms with E-state index in [1.807, 2.05) is 0 Å². The second kappa shape index (κ2) is 9.21. The van der Waals surface area contributed by atoms with Crippen LogP contribution in [0.3, 0.4) is 0 Å². The first-order chi connectivity index (χ1) is 15.3. The minimum atomic E-state index is -4.83. The summed E-state index contributed by atoms with van der Waals surface area (Å²) < 4.78 is 85.7. The van der Waals surface area contributed by atoms with Crippen molar-refractivity contribution in [1.29, 1.82) is 0 Å². The number of halogens is 7. The van der Waals surface area contributed by atoms with E-state index in [0.29, 0.717) is 5.02 Å². The maximum Gasteiger partial charge on any atom is 0.455 e. The number of amides is 1. The van der Waals surface area contributed by atoms with E-state index in [9.17, 15) is 31.1 Å². The van der Waals surface area contributed by atoms with E-state index in [-0.39, 0.29) is 17.0 Å². The van der Waals surface area contributed by atoms with Crippen molar-refractivity contribution in [3.8, 4) is 17.0 Å².